The average molecular weight is 308 g/mol. The molecule has 1 rings (SSSR count). The molecule has 1 aromatic rings. The van der Waals surface area contributed by atoms with Gasteiger partial charge in [-0.05, 0) is 37.1 Å². The Hall–Kier alpha value is -1.46. The smallest absolute Gasteiger partial charge is 0.224 e. The number of carbonyl (C=O) groups is 1. The molecule has 4 nitrogen and oxygen atoms in total. The highest BCUT2D eigenvalue weighted by atomic mass is 32.1. The predicted octanol–water partition coefficient (Wildman–Crippen LogP) is 3.25. The van der Waals surface area contributed by atoms with Gasteiger partial charge in [0.25, 0.3) is 0 Å². The average Bonchev–Trinajstić information content (AvgIpc) is 2.47. The van der Waals surface area contributed by atoms with Crippen molar-refractivity contribution < 1.29 is 9.53 Å². The molecular formula is C16H24N2O2S. The van der Waals surface area contributed by atoms with Gasteiger partial charge in [0.1, 0.15) is 4.99 Å². The number of nitrogens with one attached hydrogen (secondary N) is 1. The minimum atomic E-state index is -0.00441. The Kier molecular flexibility index (Phi) is 8.62. The van der Waals surface area contributed by atoms with Crippen LogP contribution in [0.15, 0.2) is 24.3 Å². The van der Waals surface area contributed by atoms with Crippen molar-refractivity contribution in [3.05, 3.63) is 29.8 Å². The Balaban J connectivity index is 2.17. The van der Waals surface area contributed by atoms with Crippen LogP contribution in [-0.2, 0) is 9.53 Å². The summed E-state index contributed by atoms with van der Waals surface area (Å²) in [5, 5.41) is 2.84. The number of thiocarbonyl (C=S) groups is 1. The molecule has 1 amide bonds. The second-order valence-electron chi connectivity index (χ2n) is 4.91. The van der Waals surface area contributed by atoms with Gasteiger partial charge in [-0.1, -0.05) is 32.0 Å². The largest absolute Gasteiger partial charge is 0.389 e. The van der Waals surface area contributed by atoms with Crippen LogP contribution in [0.25, 0.3) is 0 Å². The van der Waals surface area contributed by atoms with E-state index in [9.17, 15) is 4.79 Å². The Labute approximate surface area is 132 Å². The van der Waals surface area contributed by atoms with E-state index in [2.05, 4.69) is 12.2 Å². The molecule has 0 saturated heterocycles. The minimum Gasteiger partial charge on any atom is -0.389 e. The number of unbranched alkanes of at least 4 members (excludes halogenated alkanes) is 2. The molecule has 0 atom stereocenters. The van der Waals surface area contributed by atoms with Crippen LogP contribution < -0.4 is 11.1 Å². The molecule has 0 saturated carbocycles. The van der Waals surface area contributed by atoms with Gasteiger partial charge >= 0.3 is 0 Å². The van der Waals surface area contributed by atoms with Gasteiger partial charge in [-0.25, -0.2) is 0 Å². The third-order valence-electron chi connectivity index (χ3n) is 3.04. The number of ether oxygens (including phenoxy) is 1. The molecule has 0 aliphatic rings. The molecule has 0 spiro atoms. The fourth-order valence-electron chi connectivity index (χ4n) is 1.83. The van der Waals surface area contributed by atoms with Gasteiger partial charge in [-0.3, -0.25) is 4.79 Å². The lowest BCUT2D eigenvalue weighted by Gasteiger charge is -2.07. The van der Waals surface area contributed by atoms with E-state index in [1.165, 1.54) is 12.8 Å². The quantitative estimate of drug-likeness (QED) is 0.514. The molecule has 0 radical (unpaired) electrons. The van der Waals surface area contributed by atoms with E-state index in [1.54, 1.807) is 24.3 Å². The van der Waals surface area contributed by atoms with Gasteiger partial charge in [-0.2, -0.15) is 0 Å². The number of hydrogen-bond donors (Lipinski definition) is 2. The van der Waals surface area contributed by atoms with Gasteiger partial charge in [0.15, 0.2) is 0 Å². The Morgan fingerprint density at radius 3 is 2.48 bits per heavy atom. The fourth-order valence-corrected chi connectivity index (χ4v) is 1.97. The maximum atomic E-state index is 11.7. The van der Waals surface area contributed by atoms with Crippen molar-refractivity contribution in [1.82, 2.24) is 0 Å². The zero-order valence-corrected chi connectivity index (χ0v) is 13.4. The molecule has 0 bridgehead atoms. The summed E-state index contributed by atoms with van der Waals surface area (Å²) in [7, 11) is 0. The van der Waals surface area contributed by atoms with Crippen molar-refractivity contribution in [3.8, 4) is 0 Å². The first-order valence-corrected chi connectivity index (χ1v) is 7.81. The molecule has 0 fully saturated rings. The van der Waals surface area contributed by atoms with Crippen LogP contribution >= 0.6 is 12.2 Å². The van der Waals surface area contributed by atoms with E-state index in [1.807, 2.05) is 0 Å². The first-order valence-electron chi connectivity index (χ1n) is 7.41. The molecule has 116 valence electrons. The molecule has 0 aromatic heterocycles. The maximum Gasteiger partial charge on any atom is 0.224 e. The van der Waals surface area contributed by atoms with Crippen molar-refractivity contribution >= 4 is 28.8 Å². The topological polar surface area (TPSA) is 64.3 Å². The van der Waals surface area contributed by atoms with Crippen molar-refractivity contribution in [1.29, 1.82) is 0 Å². The third kappa shape index (κ3) is 7.78. The third-order valence-corrected chi connectivity index (χ3v) is 3.27. The van der Waals surface area contributed by atoms with E-state index < -0.39 is 0 Å². The summed E-state index contributed by atoms with van der Waals surface area (Å²) in [6, 6.07) is 7.20. The predicted molar refractivity (Wildman–Crippen MR) is 90.5 cm³/mol. The van der Waals surface area contributed by atoms with Gasteiger partial charge < -0.3 is 15.8 Å². The number of hydrogen-bond acceptors (Lipinski definition) is 3. The normalized spacial score (nSPS) is 10.3. The van der Waals surface area contributed by atoms with Gasteiger partial charge in [0, 0.05) is 30.9 Å². The van der Waals surface area contributed by atoms with Crippen LogP contribution in [0.1, 0.15) is 44.6 Å². The first-order chi connectivity index (χ1) is 10.1. The summed E-state index contributed by atoms with van der Waals surface area (Å²) >= 11 is 4.88. The molecule has 0 aliphatic heterocycles. The van der Waals surface area contributed by atoms with Crippen LogP contribution in [0.3, 0.4) is 0 Å². The number of benzene rings is 1. The Bertz CT molecular complexity index is 446. The van der Waals surface area contributed by atoms with Crippen LogP contribution in [0, 0.1) is 0 Å². The van der Waals surface area contributed by atoms with Crippen molar-refractivity contribution in [2.24, 2.45) is 5.73 Å². The summed E-state index contributed by atoms with van der Waals surface area (Å²) < 4.78 is 5.47. The molecule has 0 unspecified atom stereocenters. The molecule has 5 heteroatoms. The number of amides is 1. The van der Waals surface area contributed by atoms with E-state index in [4.69, 9.17) is 22.7 Å². The molecule has 3 N–H and O–H groups in total. The Morgan fingerprint density at radius 2 is 1.86 bits per heavy atom. The van der Waals surface area contributed by atoms with E-state index in [0.29, 0.717) is 18.0 Å². The van der Waals surface area contributed by atoms with E-state index in [0.717, 1.165) is 30.7 Å². The summed E-state index contributed by atoms with van der Waals surface area (Å²) in [5.74, 6) is -0.00441. The van der Waals surface area contributed by atoms with Crippen molar-refractivity contribution in [3.63, 3.8) is 0 Å². The van der Waals surface area contributed by atoms with Gasteiger partial charge in [0.05, 0.1) is 0 Å². The summed E-state index contributed by atoms with van der Waals surface area (Å²) in [6.07, 6.45) is 4.69. The lowest BCUT2D eigenvalue weighted by Crippen LogP contribution is -2.13. The lowest BCUT2D eigenvalue weighted by molar-refractivity contribution is -0.116. The Morgan fingerprint density at radius 1 is 1.19 bits per heavy atom. The highest BCUT2D eigenvalue weighted by Gasteiger charge is 2.03. The monoisotopic (exact) mass is 308 g/mol. The van der Waals surface area contributed by atoms with Crippen LogP contribution in [-0.4, -0.2) is 24.1 Å². The molecular weight excluding hydrogens is 284 g/mol. The van der Waals surface area contributed by atoms with Gasteiger partial charge in [-0.15, -0.1) is 0 Å². The molecule has 0 aliphatic carbocycles. The number of anilines is 1. The highest BCUT2D eigenvalue weighted by molar-refractivity contribution is 7.80. The van der Waals surface area contributed by atoms with Crippen LogP contribution in [0.2, 0.25) is 0 Å². The molecule has 0 heterocycles. The van der Waals surface area contributed by atoms with Crippen LogP contribution in [0.5, 0.6) is 0 Å². The summed E-state index contributed by atoms with van der Waals surface area (Å²) in [5.41, 5.74) is 7.07. The van der Waals surface area contributed by atoms with Crippen LogP contribution in [0.4, 0.5) is 5.69 Å². The second-order valence-corrected chi connectivity index (χ2v) is 5.35. The maximum absolute atomic E-state index is 11.7. The standard InChI is InChI=1S/C16H24N2O2S/c1-2-3-4-11-20-12-5-6-15(19)18-14-9-7-13(8-10-14)16(17)21/h7-10H,2-6,11-12H2,1H3,(H2,17,21)(H,18,19). The second kappa shape index (κ2) is 10.3. The number of carbonyl (C=O) groups excluding carboxylic acids is 1. The minimum absolute atomic E-state index is 0.00441. The van der Waals surface area contributed by atoms with Crippen molar-refractivity contribution in [2.45, 2.75) is 39.0 Å². The number of nitrogens with two attached hydrogens (primary N) is 1. The number of rotatable bonds is 10. The zero-order valence-electron chi connectivity index (χ0n) is 12.6. The van der Waals surface area contributed by atoms with Gasteiger partial charge in [0.2, 0.25) is 5.91 Å². The molecule has 21 heavy (non-hydrogen) atoms. The van der Waals surface area contributed by atoms with E-state index in [-0.39, 0.29) is 5.91 Å². The summed E-state index contributed by atoms with van der Waals surface area (Å²) in [6.45, 7) is 3.59. The highest BCUT2D eigenvalue weighted by Crippen LogP contribution is 2.10. The lowest BCUT2D eigenvalue weighted by atomic mass is 10.2. The summed E-state index contributed by atoms with van der Waals surface area (Å²) in [4.78, 5) is 12.1. The van der Waals surface area contributed by atoms with E-state index >= 15 is 0 Å². The molecule has 1 aromatic carbocycles. The van der Waals surface area contributed by atoms with Crippen molar-refractivity contribution in [2.75, 3.05) is 18.5 Å². The SMILES string of the molecule is CCCCCOCCCC(=O)Nc1ccc(C(N)=S)cc1. The zero-order chi connectivity index (χ0) is 15.5. The fraction of sp³-hybridized carbons (Fsp3) is 0.500. The first kappa shape index (κ1) is 17.6.